The first-order valence-electron chi connectivity index (χ1n) is 7.58. The molecule has 10 heteroatoms. The van der Waals surface area contributed by atoms with Crippen LogP contribution in [0, 0.1) is 0 Å². The summed E-state index contributed by atoms with van der Waals surface area (Å²) in [6, 6.07) is 2.04. The minimum absolute atomic E-state index is 0.0616. The third-order valence-electron chi connectivity index (χ3n) is 3.46. The standard InChI is InChI=1S/C16H20N2O8/c1-7(19)11(15(23)24)17-13(21)9-4-3-5-10(6-9)14(22)18-12(8(2)20)16(25)26/h3-8,11-12,19-20H,1-2H3,(H,17,21)(H,18,22)(H,23,24)(H,25,26)/t7-,8+,11-,12+. The van der Waals surface area contributed by atoms with Crippen LogP contribution in [0.15, 0.2) is 24.3 Å². The van der Waals surface area contributed by atoms with Crippen molar-refractivity contribution in [1.82, 2.24) is 10.6 Å². The second kappa shape index (κ2) is 8.92. The number of benzene rings is 1. The van der Waals surface area contributed by atoms with Crippen LogP contribution in [0.25, 0.3) is 0 Å². The van der Waals surface area contributed by atoms with Gasteiger partial charge >= 0.3 is 11.9 Å². The summed E-state index contributed by atoms with van der Waals surface area (Å²) in [5, 5.41) is 40.9. The second-order valence-corrected chi connectivity index (χ2v) is 5.64. The SMILES string of the molecule is C[C@H](O)[C@H](NC(=O)c1cccc(C(=O)N[C@@H](C(=O)O)[C@@H](C)O)c1)C(=O)O. The van der Waals surface area contributed by atoms with E-state index in [1.807, 2.05) is 0 Å². The first kappa shape index (κ1) is 21.1. The number of nitrogens with one attached hydrogen (secondary N) is 2. The van der Waals surface area contributed by atoms with Crippen molar-refractivity contribution in [2.75, 3.05) is 0 Å². The molecule has 142 valence electrons. The lowest BCUT2D eigenvalue weighted by Gasteiger charge is -2.18. The third-order valence-corrected chi connectivity index (χ3v) is 3.46. The predicted molar refractivity (Wildman–Crippen MR) is 87.6 cm³/mol. The topological polar surface area (TPSA) is 173 Å². The van der Waals surface area contributed by atoms with E-state index in [9.17, 15) is 29.4 Å². The number of hydrogen-bond donors (Lipinski definition) is 6. The van der Waals surface area contributed by atoms with E-state index in [1.54, 1.807) is 0 Å². The van der Waals surface area contributed by atoms with Gasteiger partial charge in [0, 0.05) is 11.1 Å². The average Bonchev–Trinajstić information content (AvgIpc) is 2.55. The summed E-state index contributed by atoms with van der Waals surface area (Å²) >= 11 is 0. The predicted octanol–water partition coefficient (Wildman–Crippen LogP) is -1.19. The van der Waals surface area contributed by atoms with Gasteiger partial charge in [0.05, 0.1) is 12.2 Å². The zero-order valence-corrected chi connectivity index (χ0v) is 14.0. The highest BCUT2D eigenvalue weighted by atomic mass is 16.4. The monoisotopic (exact) mass is 368 g/mol. The zero-order chi connectivity index (χ0) is 20.0. The van der Waals surface area contributed by atoms with Crippen LogP contribution in [0.5, 0.6) is 0 Å². The molecule has 0 aliphatic rings. The number of rotatable bonds is 8. The lowest BCUT2D eigenvalue weighted by molar-refractivity contribution is -0.142. The largest absolute Gasteiger partial charge is 0.480 e. The van der Waals surface area contributed by atoms with E-state index in [4.69, 9.17) is 10.2 Å². The fraction of sp³-hybridized carbons (Fsp3) is 0.375. The first-order valence-corrected chi connectivity index (χ1v) is 7.58. The molecule has 6 N–H and O–H groups in total. The molecular weight excluding hydrogens is 348 g/mol. The highest BCUT2D eigenvalue weighted by molar-refractivity contribution is 6.01. The molecule has 0 radical (unpaired) electrons. The number of aliphatic carboxylic acids is 2. The molecule has 1 aromatic rings. The molecule has 0 aromatic heterocycles. The van der Waals surface area contributed by atoms with Crippen LogP contribution >= 0.6 is 0 Å². The molecule has 0 unspecified atom stereocenters. The van der Waals surface area contributed by atoms with Crippen molar-refractivity contribution in [3.05, 3.63) is 35.4 Å². The van der Waals surface area contributed by atoms with E-state index in [1.165, 1.54) is 32.0 Å². The van der Waals surface area contributed by atoms with E-state index < -0.39 is 48.0 Å². The molecule has 26 heavy (non-hydrogen) atoms. The molecule has 1 aromatic carbocycles. The minimum atomic E-state index is -1.54. The molecule has 0 saturated heterocycles. The summed E-state index contributed by atoms with van der Waals surface area (Å²) in [6.45, 7) is 2.40. The lowest BCUT2D eigenvalue weighted by atomic mass is 10.1. The number of carbonyl (C=O) groups excluding carboxylic acids is 2. The number of hydrogen-bond acceptors (Lipinski definition) is 6. The number of carbonyl (C=O) groups is 4. The number of aliphatic hydroxyl groups excluding tert-OH is 2. The summed E-state index contributed by atoms with van der Waals surface area (Å²) in [7, 11) is 0. The van der Waals surface area contributed by atoms with Gasteiger partial charge in [-0.05, 0) is 32.0 Å². The molecule has 0 aliphatic heterocycles. The smallest absolute Gasteiger partial charge is 0.328 e. The summed E-state index contributed by atoms with van der Waals surface area (Å²) < 4.78 is 0. The maximum Gasteiger partial charge on any atom is 0.328 e. The van der Waals surface area contributed by atoms with Gasteiger partial charge in [0.1, 0.15) is 0 Å². The Labute approximate surface area is 148 Å². The quantitative estimate of drug-likeness (QED) is 0.332. The van der Waals surface area contributed by atoms with Gasteiger partial charge in [0.25, 0.3) is 11.8 Å². The van der Waals surface area contributed by atoms with Crippen LogP contribution in [0.4, 0.5) is 0 Å². The zero-order valence-electron chi connectivity index (χ0n) is 14.0. The summed E-state index contributed by atoms with van der Waals surface area (Å²) in [6.07, 6.45) is -2.68. The molecule has 0 fully saturated rings. The maximum atomic E-state index is 12.1. The molecule has 4 atom stereocenters. The van der Waals surface area contributed by atoms with E-state index in [-0.39, 0.29) is 11.1 Å². The Morgan fingerprint density at radius 1 is 0.808 bits per heavy atom. The van der Waals surface area contributed by atoms with E-state index in [0.717, 1.165) is 6.07 Å². The van der Waals surface area contributed by atoms with Crippen molar-refractivity contribution in [3.8, 4) is 0 Å². The van der Waals surface area contributed by atoms with E-state index >= 15 is 0 Å². The van der Waals surface area contributed by atoms with E-state index in [0.29, 0.717) is 0 Å². The molecule has 0 aliphatic carbocycles. The fourth-order valence-corrected chi connectivity index (χ4v) is 2.03. The highest BCUT2D eigenvalue weighted by Crippen LogP contribution is 2.08. The van der Waals surface area contributed by atoms with Crippen molar-refractivity contribution in [1.29, 1.82) is 0 Å². The Hall–Kier alpha value is -2.98. The van der Waals surface area contributed by atoms with Gasteiger partial charge in [-0.3, -0.25) is 9.59 Å². The van der Waals surface area contributed by atoms with Gasteiger partial charge in [-0.15, -0.1) is 0 Å². The normalized spacial score (nSPS) is 15.2. The maximum absolute atomic E-state index is 12.1. The van der Waals surface area contributed by atoms with Gasteiger partial charge in [0.2, 0.25) is 0 Å². The molecule has 2 amide bonds. The second-order valence-electron chi connectivity index (χ2n) is 5.64. The molecule has 0 saturated carbocycles. The minimum Gasteiger partial charge on any atom is -0.480 e. The molecule has 10 nitrogen and oxygen atoms in total. The third kappa shape index (κ3) is 5.53. The van der Waals surface area contributed by atoms with Crippen molar-refractivity contribution < 1.29 is 39.6 Å². The van der Waals surface area contributed by atoms with Gasteiger partial charge in [-0.25, -0.2) is 9.59 Å². The average molecular weight is 368 g/mol. The van der Waals surface area contributed by atoms with Gasteiger partial charge in [0.15, 0.2) is 12.1 Å². The molecule has 1 rings (SSSR count). The van der Waals surface area contributed by atoms with Crippen LogP contribution in [-0.4, -0.2) is 68.5 Å². The first-order chi connectivity index (χ1) is 12.0. The van der Waals surface area contributed by atoms with Crippen LogP contribution < -0.4 is 10.6 Å². The van der Waals surface area contributed by atoms with Crippen LogP contribution in [-0.2, 0) is 9.59 Å². The Kier molecular flexibility index (Phi) is 7.23. The summed E-state index contributed by atoms with van der Waals surface area (Å²) in [4.78, 5) is 46.3. The van der Waals surface area contributed by atoms with Crippen LogP contribution in [0.3, 0.4) is 0 Å². The Bertz CT molecular complexity index is 646. The Morgan fingerprint density at radius 3 is 1.42 bits per heavy atom. The lowest BCUT2D eigenvalue weighted by Crippen LogP contribution is -2.48. The molecule has 0 spiro atoms. The molecular formula is C16H20N2O8. The Morgan fingerprint density at radius 2 is 1.15 bits per heavy atom. The van der Waals surface area contributed by atoms with E-state index in [2.05, 4.69) is 10.6 Å². The fourth-order valence-electron chi connectivity index (χ4n) is 2.03. The summed E-state index contributed by atoms with van der Waals surface area (Å²) in [5.74, 6) is -4.52. The number of aliphatic hydroxyl groups is 2. The molecule has 0 heterocycles. The number of carboxylic acids is 2. The van der Waals surface area contributed by atoms with Gasteiger partial charge in [-0.1, -0.05) is 6.07 Å². The van der Waals surface area contributed by atoms with Crippen LogP contribution in [0.2, 0.25) is 0 Å². The summed E-state index contributed by atoms with van der Waals surface area (Å²) in [5.41, 5.74) is -0.123. The Balaban J connectivity index is 2.96. The van der Waals surface area contributed by atoms with Crippen molar-refractivity contribution in [2.24, 2.45) is 0 Å². The molecule has 0 bridgehead atoms. The van der Waals surface area contributed by atoms with Crippen molar-refractivity contribution in [2.45, 2.75) is 38.1 Å². The van der Waals surface area contributed by atoms with Crippen LogP contribution in [0.1, 0.15) is 34.6 Å². The van der Waals surface area contributed by atoms with Gasteiger partial charge in [-0.2, -0.15) is 0 Å². The van der Waals surface area contributed by atoms with Gasteiger partial charge < -0.3 is 31.1 Å². The van der Waals surface area contributed by atoms with Crippen molar-refractivity contribution in [3.63, 3.8) is 0 Å². The number of amides is 2. The number of carboxylic acid groups (broad SMARTS) is 2. The van der Waals surface area contributed by atoms with Crippen molar-refractivity contribution >= 4 is 23.8 Å². The highest BCUT2D eigenvalue weighted by Gasteiger charge is 2.27.